The predicted molar refractivity (Wildman–Crippen MR) is 64.9 cm³/mol. The molecule has 0 saturated heterocycles. The van der Waals surface area contributed by atoms with Crippen molar-refractivity contribution in [1.82, 2.24) is 9.88 Å². The Labute approximate surface area is 101 Å². The second-order valence-electron chi connectivity index (χ2n) is 4.73. The highest BCUT2D eigenvalue weighted by atomic mass is 16.3. The van der Waals surface area contributed by atoms with Crippen LogP contribution in [0.1, 0.15) is 37.3 Å². The van der Waals surface area contributed by atoms with Crippen LogP contribution in [0.2, 0.25) is 0 Å². The molecule has 1 rings (SSSR count). The van der Waals surface area contributed by atoms with E-state index in [1.54, 1.807) is 12.1 Å². The molecule has 0 spiro atoms. The molecule has 0 fully saturated rings. The van der Waals surface area contributed by atoms with Gasteiger partial charge in [-0.3, -0.25) is 4.79 Å². The van der Waals surface area contributed by atoms with E-state index in [2.05, 4.69) is 5.32 Å². The number of hydrogen-bond donors (Lipinski definition) is 3. The Hall–Kier alpha value is -1.33. The molecule has 0 radical (unpaired) electrons. The summed E-state index contributed by atoms with van der Waals surface area (Å²) < 4.78 is 1.85. The summed E-state index contributed by atoms with van der Waals surface area (Å²) in [6, 6.07) is 3.73. The zero-order chi connectivity index (χ0) is 13.1. The molecule has 1 atom stereocenters. The average Bonchev–Trinajstić information content (AvgIpc) is 2.75. The summed E-state index contributed by atoms with van der Waals surface area (Å²) >= 11 is 0. The highest BCUT2D eigenvalue weighted by molar-refractivity contribution is 5.92. The molecule has 1 heterocycles. The van der Waals surface area contributed by atoms with Crippen LogP contribution in [0.5, 0.6) is 0 Å². The van der Waals surface area contributed by atoms with Crippen LogP contribution in [-0.2, 0) is 0 Å². The van der Waals surface area contributed by atoms with Gasteiger partial charge in [0.2, 0.25) is 0 Å². The van der Waals surface area contributed by atoms with Gasteiger partial charge in [-0.2, -0.15) is 0 Å². The number of nitrogens with one attached hydrogen (secondary N) is 1. The number of hydrogen-bond acceptors (Lipinski definition) is 3. The zero-order valence-electron chi connectivity index (χ0n) is 10.5. The molecule has 3 N–H and O–H groups in total. The van der Waals surface area contributed by atoms with Crippen LogP contribution in [0.25, 0.3) is 0 Å². The van der Waals surface area contributed by atoms with Crippen molar-refractivity contribution in [3.63, 3.8) is 0 Å². The number of aliphatic hydroxyl groups is 2. The summed E-state index contributed by atoms with van der Waals surface area (Å²) in [6.45, 7) is 5.07. The molecule has 0 aliphatic carbocycles. The Morgan fingerprint density at radius 1 is 1.59 bits per heavy atom. The van der Waals surface area contributed by atoms with Gasteiger partial charge < -0.3 is 20.1 Å². The zero-order valence-corrected chi connectivity index (χ0v) is 10.5. The first-order valence-corrected chi connectivity index (χ1v) is 5.65. The lowest BCUT2D eigenvalue weighted by molar-refractivity contribution is 0.00312. The SMILES string of the molecule is CC(C)n1cccc1C(=O)NCC(C)(O)CO. The lowest BCUT2D eigenvalue weighted by atomic mass is 10.1. The van der Waals surface area contributed by atoms with Crippen molar-refractivity contribution in [2.24, 2.45) is 0 Å². The second-order valence-corrected chi connectivity index (χ2v) is 4.73. The Balaban J connectivity index is 2.68. The highest BCUT2D eigenvalue weighted by Crippen LogP contribution is 2.10. The molecule has 0 aliphatic rings. The van der Waals surface area contributed by atoms with Crippen LogP contribution in [-0.4, -0.2) is 39.4 Å². The Bertz CT molecular complexity index is 383. The molecule has 17 heavy (non-hydrogen) atoms. The Morgan fingerprint density at radius 2 is 2.24 bits per heavy atom. The molecule has 0 bridgehead atoms. The van der Waals surface area contributed by atoms with Crippen molar-refractivity contribution >= 4 is 5.91 Å². The van der Waals surface area contributed by atoms with Crippen molar-refractivity contribution < 1.29 is 15.0 Å². The first kappa shape index (κ1) is 13.7. The minimum atomic E-state index is -1.29. The van der Waals surface area contributed by atoms with Crippen LogP contribution in [0.3, 0.4) is 0 Å². The van der Waals surface area contributed by atoms with Gasteiger partial charge in [0.1, 0.15) is 11.3 Å². The topological polar surface area (TPSA) is 74.5 Å². The minimum Gasteiger partial charge on any atom is -0.393 e. The fraction of sp³-hybridized carbons (Fsp3) is 0.583. The lowest BCUT2D eigenvalue weighted by Gasteiger charge is -2.21. The summed E-state index contributed by atoms with van der Waals surface area (Å²) in [5.41, 5.74) is -0.737. The van der Waals surface area contributed by atoms with Gasteiger partial charge in [-0.25, -0.2) is 0 Å². The number of carbonyl (C=O) groups is 1. The minimum absolute atomic E-state index is 0.0195. The fourth-order valence-electron chi connectivity index (χ4n) is 1.45. The van der Waals surface area contributed by atoms with Crippen LogP contribution >= 0.6 is 0 Å². The summed E-state index contributed by atoms with van der Waals surface area (Å²) in [6.07, 6.45) is 1.84. The molecule has 5 nitrogen and oxygen atoms in total. The van der Waals surface area contributed by atoms with Gasteiger partial charge in [0.15, 0.2) is 0 Å². The van der Waals surface area contributed by atoms with E-state index in [0.29, 0.717) is 5.69 Å². The van der Waals surface area contributed by atoms with Gasteiger partial charge in [-0.15, -0.1) is 0 Å². The molecule has 0 aliphatic heterocycles. The van der Waals surface area contributed by atoms with Crippen molar-refractivity contribution in [3.05, 3.63) is 24.0 Å². The second kappa shape index (κ2) is 5.33. The van der Waals surface area contributed by atoms with E-state index in [9.17, 15) is 9.90 Å². The highest BCUT2D eigenvalue weighted by Gasteiger charge is 2.21. The van der Waals surface area contributed by atoms with Crippen LogP contribution in [0, 0.1) is 0 Å². The average molecular weight is 240 g/mol. The number of rotatable bonds is 5. The molecule has 1 amide bonds. The molecule has 0 saturated carbocycles. The lowest BCUT2D eigenvalue weighted by Crippen LogP contribution is -2.43. The van der Waals surface area contributed by atoms with E-state index in [1.165, 1.54) is 6.92 Å². The quantitative estimate of drug-likeness (QED) is 0.703. The molecule has 1 unspecified atom stereocenters. The van der Waals surface area contributed by atoms with Crippen molar-refractivity contribution in [2.45, 2.75) is 32.4 Å². The van der Waals surface area contributed by atoms with Gasteiger partial charge in [-0.1, -0.05) is 0 Å². The molecule has 0 aromatic carbocycles. The monoisotopic (exact) mass is 240 g/mol. The Morgan fingerprint density at radius 3 is 2.76 bits per heavy atom. The number of nitrogens with zero attached hydrogens (tertiary/aromatic N) is 1. The predicted octanol–water partition coefficient (Wildman–Crippen LogP) is 0.542. The van der Waals surface area contributed by atoms with Crippen molar-refractivity contribution in [2.75, 3.05) is 13.2 Å². The molecule has 1 aromatic rings. The fourth-order valence-corrected chi connectivity index (χ4v) is 1.45. The van der Waals surface area contributed by atoms with E-state index in [1.807, 2.05) is 24.6 Å². The van der Waals surface area contributed by atoms with E-state index < -0.39 is 12.2 Å². The third-order valence-corrected chi connectivity index (χ3v) is 2.54. The summed E-state index contributed by atoms with van der Waals surface area (Å²) in [5, 5.41) is 21.1. The number of carbonyl (C=O) groups excluding carboxylic acids is 1. The number of aromatic nitrogens is 1. The van der Waals surface area contributed by atoms with Crippen LogP contribution < -0.4 is 5.32 Å². The van der Waals surface area contributed by atoms with Crippen LogP contribution in [0.4, 0.5) is 0 Å². The van der Waals surface area contributed by atoms with Gasteiger partial charge in [-0.05, 0) is 32.9 Å². The van der Waals surface area contributed by atoms with E-state index in [0.717, 1.165) is 0 Å². The normalized spacial score (nSPS) is 14.7. The molecular weight excluding hydrogens is 220 g/mol. The standard InChI is InChI=1S/C12H20N2O3/c1-9(2)14-6-4-5-10(14)11(16)13-7-12(3,17)8-15/h4-6,9,15,17H,7-8H2,1-3H3,(H,13,16). The van der Waals surface area contributed by atoms with Gasteiger partial charge in [0, 0.05) is 18.8 Å². The molecule has 1 aromatic heterocycles. The maximum atomic E-state index is 11.9. The van der Waals surface area contributed by atoms with Crippen molar-refractivity contribution in [1.29, 1.82) is 0 Å². The first-order valence-electron chi connectivity index (χ1n) is 5.65. The van der Waals surface area contributed by atoms with Crippen molar-refractivity contribution in [3.8, 4) is 0 Å². The summed E-state index contributed by atoms with van der Waals surface area (Å²) in [4.78, 5) is 11.9. The van der Waals surface area contributed by atoms with Gasteiger partial charge >= 0.3 is 0 Å². The smallest absolute Gasteiger partial charge is 0.268 e. The third kappa shape index (κ3) is 3.57. The maximum absolute atomic E-state index is 11.9. The third-order valence-electron chi connectivity index (χ3n) is 2.54. The first-order chi connectivity index (χ1) is 7.87. The summed E-state index contributed by atoms with van der Waals surface area (Å²) in [7, 11) is 0. The van der Waals surface area contributed by atoms with Gasteiger partial charge in [0.05, 0.1) is 6.61 Å². The summed E-state index contributed by atoms with van der Waals surface area (Å²) in [5.74, 6) is -0.252. The molecule has 5 heteroatoms. The van der Waals surface area contributed by atoms with Gasteiger partial charge in [0.25, 0.3) is 5.91 Å². The maximum Gasteiger partial charge on any atom is 0.268 e. The number of aliphatic hydroxyl groups excluding tert-OH is 1. The molecular formula is C12H20N2O3. The van der Waals surface area contributed by atoms with E-state index in [-0.39, 0.29) is 18.5 Å². The van der Waals surface area contributed by atoms with Crippen LogP contribution in [0.15, 0.2) is 18.3 Å². The number of amides is 1. The molecule has 96 valence electrons. The largest absolute Gasteiger partial charge is 0.393 e. The van der Waals surface area contributed by atoms with E-state index in [4.69, 9.17) is 5.11 Å². The van der Waals surface area contributed by atoms with E-state index >= 15 is 0 Å². The Kier molecular flexibility index (Phi) is 4.31.